The van der Waals surface area contributed by atoms with E-state index in [0.29, 0.717) is 24.5 Å². The number of pyridine rings is 1. The zero-order valence-electron chi connectivity index (χ0n) is 15.1. The van der Waals surface area contributed by atoms with Crippen molar-refractivity contribution < 1.29 is 4.79 Å². The number of carbonyl (C=O) groups is 1. The molecule has 4 nitrogen and oxygen atoms in total. The van der Waals surface area contributed by atoms with Gasteiger partial charge in [0.1, 0.15) is 5.37 Å². The van der Waals surface area contributed by atoms with Crippen molar-refractivity contribution >= 4 is 61.8 Å². The number of nitrogens with one attached hydrogen (secondary N) is 1. The third-order valence-electron chi connectivity index (χ3n) is 4.72. The summed E-state index contributed by atoms with van der Waals surface area (Å²) in [5, 5.41) is 5.22. The van der Waals surface area contributed by atoms with Crippen LogP contribution >= 0.6 is 39.3 Å². The molecule has 0 radical (unpaired) electrons. The van der Waals surface area contributed by atoms with Crippen molar-refractivity contribution in [1.82, 2.24) is 9.88 Å². The van der Waals surface area contributed by atoms with Crippen molar-refractivity contribution in [2.75, 3.05) is 24.2 Å². The van der Waals surface area contributed by atoms with E-state index in [4.69, 9.17) is 11.6 Å². The Morgan fingerprint density at radius 3 is 2.86 bits per heavy atom. The second-order valence-corrected chi connectivity index (χ2v) is 9.10. The van der Waals surface area contributed by atoms with Crippen LogP contribution in [0, 0.1) is 0 Å². The maximum atomic E-state index is 12.6. The molecule has 0 spiro atoms. The smallest absolute Gasteiger partial charge is 0.224 e. The summed E-state index contributed by atoms with van der Waals surface area (Å²) in [4.78, 5) is 18.9. The number of hydrogen-bond donors (Lipinski definition) is 1. The summed E-state index contributed by atoms with van der Waals surface area (Å²) in [6.45, 7) is 1.31. The highest BCUT2D eigenvalue weighted by Crippen LogP contribution is 2.37. The first kappa shape index (κ1) is 19.6. The number of thioether (sulfide) groups is 1. The summed E-state index contributed by atoms with van der Waals surface area (Å²) >= 11 is 11.4. The van der Waals surface area contributed by atoms with E-state index in [2.05, 4.69) is 38.4 Å². The van der Waals surface area contributed by atoms with Crippen LogP contribution in [0.2, 0.25) is 5.02 Å². The van der Waals surface area contributed by atoms with Gasteiger partial charge in [0.25, 0.3) is 0 Å². The summed E-state index contributed by atoms with van der Waals surface area (Å²) in [7, 11) is 0. The van der Waals surface area contributed by atoms with Gasteiger partial charge in [-0.3, -0.25) is 9.78 Å². The molecule has 1 unspecified atom stereocenters. The highest BCUT2D eigenvalue weighted by atomic mass is 79.9. The molecule has 2 heterocycles. The number of benzene rings is 2. The van der Waals surface area contributed by atoms with Crippen molar-refractivity contribution in [3.05, 3.63) is 69.8 Å². The summed E-state index contributed by atoms with van der Waals surface area (Å²) in [5.41, 5.74) is 3.01. The Kier molecular flexibility index (Phi) is 6.09. The largest absolute Gasteiger partial charge is 0.383 e. The van der Waals surface area contributed by atoms with Gasteiger partial charge in [0.05, 0.1) is 5.52 Å². The summed E-state index contributed by atoms with van der Waals surface area (Å²) in [6, 6.07) is 15.9. The lowest BCUT2D eigenvalue weighted by atomic mass is 10.2. The van der Waals surface area contributed by atoms with E-state index < -0.39 is 0 Å². The Morgan fingerprint density at radius 1 is 1.21 bits per heavy atom. The van der Waals surface area contributed by atoms with Gasteiger partial charge in [0, 0.05) is 52.0 Å². The first-order valence-corrected chi connectivity index (χ1v) is 11.3. The quantitative estimate of drug-likeness (QED) is 0.511. The normalized spacial score (nSPS) is 17.1. The molecular weight excluding hydrogens is 458 g/mol. The number of carbonyl (C=O) groups excluding carboxylic acids is 1. The first-order valence-electron chi connectivity index (χ1n) is 9.06. The monoisotopic (exact) mass is 475 g/mol. The lowest BCUT2D eigenvalue weighted by Gasteiger charge is -2.35. The molecular formula is C21H19BrClN3OS. The van der Waals surface area contributed by atoms with Crippen LogP contribution in [0.15, 0.2) is 59.2 Å². The van der Waals surface area contributed by atoms with Crippen LogP contribution in [0.1, 0.15) is 17.4 Å². The standard InChI is InChI=1S/C21H19BrClN3OS/c22-15-3-1-14(2-4-15)21-26(20(27)8-12-28-21)11-10-25-18-7-9-24-19-13-16(23)5-6-17(18)19/h1-7,9,13,21H,8,10-12H2,(H,24,25). The van der Waals surface area contributed by atoms with E-state index in [-0.39, 0.29) is 11.3 Å². The van der Waals surface area contributed by atoms with Crippen LogP contribution in [0.3, 0.4) is 0 Å². The van der Waals surface area contributed by atoms with E-state index in [1.807, 2.05) is 53.1 Å². The van der Waals surface area contributed by atoms with Crippen molar-refractivity contribution in [2.24, 2.45) is 0 Å². The molecule has 0 aliphatic carbocycles. The molecule has 3 aromatic rings. The molecule has 2 aromatic carbocycles. The SMILES string of the molecule is O=C1CCSC(c2ccc(Br)cc2)N1CCNc1ccnc2cc(Cl)ccc12. The fourth-order valence-electron chi connectivity index (χ4n) is 3.35. The molecule has 4 rings (SSSR count). The van der Waals surface area contributed by atoms with Crippen LogP contribution in [-0.4, -0.2) is 34.6 Å². The minimum Gasteiger partial charge on any atom is -0.383 e. The fraction of sp³-hybridized carbons (Fsp3) is 0.238. The van der Waals surface area contributed by atoms with Gasteiger partial charge in [-0.2, -0.15) is 0 Å². The zero-order chi connectivity index (χ0) is 19.5. The highest BCUT2D eigenvalue weighted by Gasteiger charge is 2.29. The molecule has 7 heteroatoms. The molecule has 28 heavy (non-hydrogen) atoms. The number of anilines is 1. The molecule has 1 N–H and O–H groups in total. The zero-order valence-corrected chi connectivity index (χ0v) is 18.2. The lowest BCUT2D eigenvalue weighted by molar-refractivity contribution is -0.131. The fourth-order valence-corrected chi connectivity index (χ4v) is 5.05. The summed E-state index contributed by atoms with van der Waals surface area (Å²) in [6.07, 6.45) is 2.36. The Morgan fingerprint density at radius 2 is 2.04 bits per heavy atom. The molecule has 1 aliphatic heterocycles. The number of aromatic nitrogens is 1. The van der Waals surface area contributed by atoms with E-state index in [1.54, 1.807) is 6.20 Å². The van der Waals surface area contributed by atoms with Gasteiger partial charge in [-0.05, 0) is 42.0 Å². The third-order valence-corrected chi connectivity index (χ3v) is 6.77. The molecule has 1 atom stereocenters. The van der Waals surface area contributed by atoms with Gasteiger partial charge in [0.2, 0.25) is 5.91 Å². The van der Waals surface area contributed by atoms with Crippen LogP contribution in [-0.2, 0) is 4.79 Å². The number of nitrogens with zero attached hydrogens (tertiary/aromatic N) is 2. The van der Waals surface area contributed by atoms with Crippen LogP contribution in [0.25, 0.3) is 10.9 Å². The highest BCUT2D eigenvalue weighted by molar-refractivity contribution is 9.10. The third kappa shape index (κ3) is 4.29. The maximum absolute atomic E-state index is 12.6. The lowest BCUT2D eigenvalue weighted by Crippen LogP contribution is -2.40. The van der Waals surface area contributed by atoms with E-state index in [0.717, 1.165) is 32.4 Å². The van der Waals surface area contributed by atoms with Crippen molar-refractivity contribution in [2.45, 2.75) is 11.8 Å². The minimum absolute atomic E-state index is 0.0594. The Labute approximate surface area is 181 Å². The topological polar surface area (TPSA) is 45.2 Å². The maximum Gasteiger partial charge on any atom is 0.224 e. The molecule has 1 fully saturated rings. The molecule has 1 aromatic heterocycles. The van der Waals surface area contributed by atoms with Crippen LogP contribution in [0.5, 0.6) is 0 Å². The second-order valence-electron chi connectivity index (χ2n) is 6.56. The van der Waals surface area contributed by atoms with E-state index in [9.17, 15) is 4.79 Å². The Balaban J connectivity index is 1.48. The van der Waals surface area contributed by atoms with Crippen LogP contribution in [0.4, 0.5) is 5.69 Å². The number of fused-ring (bicyclic) bond motifs is 1. The molecule has 1 saturated heterocycles. The number of hydrogen-bond acceptors (Lipinski definition) is 4. The summed E-state index contributed by atoms with van der Waals surface area (Å²) in [5.74, 6) is 1.07. The van der Waals surface area contributed by atoms with Crippen molar-refractivity contribution in [1.29, 1.82) is 0 Å². The van der Waals surface area contributed by atoms with E-state index >= 15 is 0 Å². The predicted octanol–water partition coefficient (Wildman–Crippen LogP) is 5.73. The average Bonchev–Trinajstić information content (AvgIpc) is 2.69. The van der Waals surface area contributed by atoms with Crippen molar-refractivity contribution in [3.8, 4) is 0 Å². The van der Waals surface area contributed by atoms with Crippen molar-refractivity contribution in [3.63, 3.8) is 0 Å². The predicted molar refractivity (Wildman–Crippen MR) is 121 cm³/mol. The molecule has 0 bridgehead atoms. The number of amides is 1. The van der Waals surface area contributed by atoms with E-state index in [1.165, 1.54) is 0 Å². The summed E-state index contributed by atoms with van der Waals surface area (Å²) < 4.78 is 1.04. The van der Waals surface area contributed by atoms with Gasteiger partial charge in [-0.1, -0.05) is 39.7 Å². The van der Waals surface area contributed by atoms with Crippen LogP contribution < -0.4 is 5.32 Å². The van der Waals surface area contributed by atoms with Gasteiger partial charge in [-0.25, -0.2) is 0 Å². The first-order chi connectivity index (χ1) is 13.6. The molecule has 1 aliphatic rings. The molecule has 1 amide bonds. The minimum atomic E-state index is 0.0594. The Hall–Kier alpha value is -1.76. The van der Waals surface area contributed by atoms with Gasteiger partial charge < -0.3 is 10.2 Å². The average molecular weight is 477 g/mol. The second kappa shape index (κ2) is 8.72. The molecule has 0 saturated carbocycles. The Bertz CT molecular complexity index is 999. The van der Waals surface area contributed by atoms with Gasteiger partial charge >= 0.3 is 0 Å². The number of rotatable bonds is 5. The number of halogens is 2. The molecule has 144 valence electrons. The van der Waals surface area contributed by atoms with Gasteiger partial charge in [0.15, 0.2) is 0 Å². The van der Waals surface area contributed by atoms with Gasteiger partial charge in [-0.15, -0.1) is 11.8 Å².